The first-order valence-electron chi connectivity index (χ1n) is 10.2. The molecule has 6 nitrogen and oxygen atoms in total. The Morgan fingerprint density at radius 3 is 2.93 bits per heavy atom. The molecule has 4 rings (SSSR count). The van der Waals surface area contributed by atoms with Crippen LogP contribution in [0.25, 0.3) is 5.65 Å². The molecule has 0 unspecified atom stereocenters. The smallest absolute Gasteiger partial charge is 0.221 e. The fraction of sp³-hybridized carbons (Fsp3) is 0.391. The van der Waals surface area contributed by atoms with Crippen LogP contribution >= 0.6 is 0 Å². The van der Waals surface area contributed by atoms with Crippen LogP contribution in [0.1, 0.15) is 54.6 Å². The van der Waals surface area contributed by atoms with Crippen LogP contribution in [0.5, 0.6) is 11.5 Å². The molecule has 1 N–H and O–H groups in total. The highest BCUT2D eigenvalue weighted by Gasteiger charge is 2.31. The minimum Gasteiger partial charge on any atom is -0.493 e. The van der Waals surface area contributed by atoms with Crippen molar-refractivity contribution in [1.82, 2.24) is 14.7 Å². The first-order chi connectivity index (χ1) is 14.1. The zero-order chi connectivity index (χ0) is 20.4. The van der Waals surface area contributed by atoms with E-state index in [-0.39, 0.29) is 11.8 Å². The molecule has 0 spiro atoms. The van der Waals surface area contributed by atoms with Crippen molar-refractivity contribution in [2.75, 3.05) is 13.7 Å². The van der Waals surface area contributed by atoms with E-state index < -0.39 is 0 Å². The SMILES string of the molecule is CCCCOc1c(OC)cccc1[C@H]1CC(=O)NCc2nc3ccc(C)cn3c21. The number of imidazole rings is 1. The Bertz CT molecular complexity index is 1040. The summed E-state index contributed by atoms with van der Waals surface area (Å²) in [7, 11) is 1.65. The number of nitrogens with one attached hydrogen (secondary N) is 1. The number of pyridine rings is 1. The fourth-order valence-corrected chi connectivity index (χ4v) is 3.95. The van der Waals surface area contributed by atoms with Crippen LogP contribution in [-0.2, 0) is 11.3 Å². The summed E-state index contributed by atoms with van der Waals surface area (Å²) in [6.07, 6.45) is 4.43. The number of rotatable bonds is 6. The van der Waals surface area contributed by atoms with Crippen molar-refractivity contribution in [2.45, 2.75) is 45.6 Å². The molecule has 6 heteroatoms. The van der Waals surface area contributed by atoms with Crippen molar-refractivity contribution < 1.29 is 14.3 Å². The fourth-order valence-electron chi connectivity index (χ4n) is 3.95. The maximum Gasteiger partial charge on any atom is 0.221 e. The molecule has 1 amide bonds. The van der Waals surface area contributed by atoms with Gasteiger partial charge in [-0.2, -0.15) is 0 Å². The van der Waals surface area contributed by atoms with Gasteiger partial charge in [-0.15, -0.1) is 0 Å². The molecule has 152 valence electrons. The third-order valence-corrected chi connectivity index (χ3v) is 5.40. The van der Waals surface area contributed by atoms with Crippen molar-refractivity contribution in [3.63, 3.8) is 0 Å². The van der Waals surface area contributed by atoms with Gasteiger partial charge in [0.25, 0.3) is 0 Å². The van der Waals surface area contributed by atoms with E-state index in [1.165, 1.54) is 0 Å². The van der Waals surface area contributed by atoms with Gasteiger partial charge < -0.3 is 19.2 Å². The maximum atomic E-state index is 12.5. The third-order valence-electron chi connectivity index (χ3n) is 5.40. The molecule has 1 aromatic carbocycles. The zero-order valence-corrected chi connectivity index (χ0v) is 17.2. The summed E-state index contributed by atoms with van der Waals surface area (Å²) in [6.45, 7) is 5.24. The molecule has 29 heavy (non-hydrogen) atoms. The Labute approximate surface area is 170 Å². The van der Waals surface area contributed by atoms with Gasteiger partial charge >= 0.3 is 0 Å². The van der Waals surface area contributed by atoms with Gasteiger partial charge in [-0.3, -0.25) is 4.79 Å². The lowest BCUT2D eigenvalue weighted by atomic mass is 9.90. The molecule has 3 heterocycles. The molecular weight excluding hydrogens is 366 g/mol. The van der Waals surface area contributed by atoms with Crippen molar-refractivity contribution in [1.29, 1.82) is 0 Å². The van der Waals surface area contributed by atoms with Gasteiger partial charge in [-0.05, 0) is 31.0 Å². The molecular formula is C23H27N3O3. The van der Waals surface area contributed by atoms with Crippen LogP contribution in [-0.4, -0.2) is 29.0 Å². The molecule has 0 saturated heterocycles. The molecule has 0 fully saturated rings. The van der Waals surface area contributed by atoms with E-state index in [0.29, 0.717) is 25.3 Å². The zero-order valence-electron chi connectivity index (χ0n) is 17.2. The van der Waals surface area contributed by atoms with Gasteiger partial charge in [-0.25, -0.2) is 4.98 Å². The summed E-state index contributed by atoms with van der Waals surface area (Å²) in [5.41, 5.74) is 4.93. The van der Waals surface area contributed by atoms with Crippen LogP contribution < -0.4 is 14.8 Å². The number of nitrogens with zero attached hydrogens (tertiary/aromatic N) is 2. The van der Waals surface area contributed by atoms with Gasteiger partial charge in [0, 0.05) is 24.1 Å². The summed E-state index contributed by atoms with van der Waals surface area (Å²) in [5.74, 6) is 1.25. The van der Waals surface area contributed by atoms with Crippen molar-refractivity contribution in [3.05, 3.63) is 59.0 Å². The largest absolute Gasteiger partial charge is 0.493 e. The minimum atomic E-state index is -0.170. The number of carbonyl (C=O) groups is 1. The predicted molar refractivity (Wildman–Crippen MR) is 112 cm³/mol. The van der Waals surface area contributed by atoms with Gasteiger partial charge in [-0.1, -0.05) is 31.5 Å². The first kappa shape index (κ1) is 19.3. The van der Waals surface area contributed by atoms with Crippen molar-refractivity contribution >= 4 is 11.6 Å². The summed E-state index contributed by atoms with van der Waals surface area (Å²) in [4.78, 5) is 17.3. The van der Waals surface area contributed by atoms with Crippen LogP contribution in [0, 0.1) is 6.92 Å². The summed E-state index contributed by atoms with van der Waals surface area (Å²) in [6, 6.07) is 9.97. The second-order valence-electron chi connectivity index (χ2n) is 7.49. The van der Waals surface area contributed by atoms with Gasteiger partial charge in [0.1, 0.15) is 5.65 Å². The Morgan fingerprint density at radius 2 is 2.14 bits per heavy atom. The molecule has 3 aromatic rings. The number of fused-ring (bicyclic) bond motifs is 3. The van der Waals surface area contributed by atoms with E-state index in [1.807, 2.05) is 24.3 Å². The number of hydrogen-bond acceptors (Lipinski definition) is 4. The van der Waals surface area contributed by atoms with E-state index in [0.717, 1.165) is 46.8 Å². The molecule has 0 aliphatic carbocycles. The molecule has 2 aromatic heterocycles. The van der Waals surface area contributed by atoms with E-state index in [2.05, 4.69) is 35.8 Å². The quantitative estimate of drug-likeness (QED) is 0.644. The topological polar surface area (TPSA) is 64.9 Å². The number of benzene rings is 1. The second-order valence-corrected chi connectivity index (χ2v) is 7.49. The lowest BCUT2D eigenvalue weighted by molar-refractivity contribution is -0.121. The van der Waals surface area contributed by atoms with E-state index >= 15 is 0 Å². The average molecular weight is 393 g/mol. The minimum absolute atomic E-state index is 0.0109. The molecule has 0 bridgehead atoms. The predicted octanol–water partition coefficient (Wildman–Crippen LogP) is 3.98. The number of aromatic nitrogens is 2. The second kappa shape index (κ2) is 8.15. The van der Waals surface area contributed by atoms with Crippen LogP contribution in [0.3, 0.4) is 0 Å². The highest BCUT2D eigenvalue weighted by Crippen LogP contribution is 2.42. The standard InChI is InChI=1S/C23H27N3O3/c1-4-5-11-29-23-16(7-6-8-19(23)28-3)17-12-21(27)24-13-18-22(17)26-14-15(2)9-10-20(26)25-18/h6-10,14,17H,4-5,11-13H2,1-3H3,(H,24,27)/t17-/m1/s1. The summed E-state index contributed by atoms with van der Waals surface area (Å²) < 4.78 is 13.9. The molecule has 1 atom stereocenters. The summed E-state index contributed by atoms with van der Waals surface area (Å²) in [5, 5.41) is 2.99. The third kappa shape index (κ3) is 3.67. The van der Waals surface area contributed by atoms with E-state index in [1.54, 1.807) is 7.11 Å². The van der Waals surface area contributed by atoms with Crippen molar-refractivity contribution in [3.8, 4) is 11.5 Å². The number of aryl methyl sites for hydroxylation is 1. The highest BCUT2D eigenvalue weighted by atomic mass is 16.5. The number of ether oxygens (including phenoxy) is 2. The van der Waals surface area contributed by atoms with Gasteiger partial charge in [0.2, 0.25) is 5.91 Å². The highest BCUT2D eigenvalue weighted by molar-refractivity contribution is 5.79. The Morgan fingerprint density at radius 1 is 1.28 bits per heavy atom. The number of hydrogen-bond donors (Lipinski definition) is 1. The lowest BCUT2D eigenvalue weighted by Gasteiger charge is -2.21. The van der Waals surface area contributed by atoms with Crippen LogP contribution in [0.2, 0.25) is 0 Å². The monoisotopic (exact) mass is 393 g/mol. The molecule has 1 aliphatic rings. The van der Waals surface area contributed by atoms with Crippen LogP contribution in [0.15, 0.2) is 36.5 Å². The molecule has 1 aliphatic heterocycles. The maximum absolute atomic E-state index is 12.5. The number of unbranched alkanes of at least 4 members (excludes halogenated alkanes) is 1. The lowest BCUT2D eigenvalue weighted by Crippen LogP contribution is -2.21. The number of amides is 1. The Hall–Kier alpha value is -3.02. The molecule has 0 radical (unpaired) electrons. The number of carbonyl (C=O) groups excluding carboxylic acids is 1. The van der Waals surface area contributed by atoms with Gasteiger partial charge in [0.05, 0.1) is 31.6 Å². The number of para-hydroxylation sites is 1. The molecule has 0 saturated carbocycles. The van der Waals surface area contributed by atoms with Gasteiger partial charge in [0.15, 0.2) is 11.5 Å². The summed E-state index contributed by atoms with van der Waals surface area (Å²) >= 11 is 0. The number of methoxy groups -OCH3 is 1. The van der Waals surface area contributed by atoms with Crippen LogP contribution in [0.4, 0.5) is 0 Å². The Kier molecular flexibility index (Phi) is 5.43. The van der Waals surface area contributed by atoms with E-state index in [9.17, 15) is 4.79 Å². The Balaban J connectivity index is 1.89. The van der Waals surface area contributed by atoms with E-state index in [4.69, 9.17) is 14.5 Å². The first-order valence-corrected chi connectivity index (χ1v) is 10.2. The van der Waals surface area contributed by atoms with Crippen molar-refractivity contribution in [2.24, 2.45) is 0 Å². The average Bonchev–Trinajstić information content (AvgIpc) is 2.99. The normalized spacial score (nSPS) is 16.2.